The predicted molar refractivity (Wildman–Crippen MR) is 78.3 cm³/mol. The van der Waals surface area contributed by atoms with Crippen LogP contribution in [0.3, 0.4) is 0 Å². The molecule has 0 radical (unpaired) electrons. The third kappa shape index (κ3) is 2.73. The van der Waals surface area contributed by atoms with Gasteiger partial charge in [-0.05, 0) is 12.1 Å². The number of hydrogen-bond donors (Lipinski definition) is 2. The molecular weight excluding hydrogens is 280 g/mol. The second-order valence-corrected chi connectivity index (χ2v) is 5.90. The minimum absolute atomic E-state index is 0.174. The fraction of sp³-hybridized carbons (Fsp3) is 0.438. The number of fused-ring (bicyclic) bond motifs is 1. The molecule has 1 aromatic carbocycles. The summed E-state index contributed by atoms with van der Waals surface area (Å²) in [7, 11) is 0. The third-order valence-electron chi connectivity index (χ3n) is 4.51. The Morgan fingerprint density at radius 1 is 1.00 bits per heavy atom. The van der Waals surface area contributed by atoms with Crippen LogP contribution in [0.2, 0.25) is 0 Å². The van der Waals surface area contributed by atoms with Crippen molar-refractivity contribution in [3.63, 3.8) is 0 Å². The summed E-state index contributed by atoms with van der Waals surface area (Å²) in [5.41, 5.74) is 1.04. The molecule has 1 fully saturated rings. The van der Waals surface area contributed by atoms with Crippen molar-refractivity contribution in [2.75, 3.05) is 39.4 Å². The van der Waals surface area contributed by atoms with Gasteiger partial charge in [-0.2, -0.15) is 5.26 Å². The Bertz CT molecular complexity index is 594. The molecule has 2 heterocycles. The first-order chi connectivity index (χ1) is 10.7. The molecule has 6 heteroatoms. The Morgan fingerprint density at radius 2 is 1.55 bits per heavy atom. The number of quaternary nitrogens is 2. The van der Waals surface area contributed by atoms with E-state index in [2.05, 4.69) is 6.07 Å². The standard InChI is InChI=1S/C16H18N4O2/c17-6-3-7-18-8-10-19(11-9-18)12-20-15(21)13-4-1-2-5-14(13)16(20)22/h1-2,4-5H,3,7-12H2/p+2. The van der Waals surface area contributed by atoms with E-state index >= 15 is 0 Å². The van der Waals surface area contributed by atoms with Gasteiger partial charge >= 0.3 is 0 Å². The van der Waals surface area contributed by atoms with Crippen molar-refractivity contribution in [2.24, 2.45) is 0 Å². The first-order valence-corrected chi connectivity index (χ1v) is 7.70. The van der Waals surface area contributed by atoms with E-state index in [1.807, 2.05) is 0 Å². The van der Waals surface area contributed by atoms with Gasteiger partial charge in [0.1, 0.15) is 26.2 Å². The van der Waals surface area contributed by atoms with E-state index in [-0.39, 0.29) is 11.8 Å². The maximum Gasteiger partial charge on any atom is 0.265 e. The lowest BCUT2D eigenvalue weighted by molar-refractivity contribution is -1.01. The maximum atomic E-state index is 12.3. The Morgan fingerprint density at radius 3 is 2.09 bits per heavy atom. The molecular formula is C16H20N4O2+2. The quantitative estimate of drug-likeness (QED) is 0.628. The number of carbonyl (C=O) groups excluding carboxylic acids is 2. The molecule has 2 amide bonds. The Kier molecular flexibility index (Phi) is 4.18. The van der Waals surface area contributed by atoms with Gasteiger partial charge in [-0.3, -0.25) is 9.59 Å². The fourth-order valence-corrected chi connectivity index (χ4v) is 3.20. The Hall–Kier alpha value is -2.23. The zero-order valence-electron chi connectivity index (χ0n) is 12.5. The summed E-state index contributed by atoms with van der Waals surface area (Å²) in [6, 6.07) is 9.19. The summed E-state index contributed by atoms with van der Waals surface area (Å²) in [6.07, 6.45) is 0.586. The van der Waals surface area contributed by atoms with Crippen LogP contribution in [0.15, 0.2) is 24.3 Å². The van der Waals surface area contributed by atoms with Gasteiger partial charge < -0.3 is 9.80 Å². The van der Waals surface area contributed by atoms with Crippen molar-refractivity contribution in [3.05, 3.63) is 35.4 Å². The molecule has 0 saturated carbocycles. The highest BCUT2D eigenvalue weighted by atomic mass is 16.2. The summed E-state index contributed by atoms with van der Waals surface area (Å²) in [5.74, 6) is -0.347. The van der Waals surface area contributed by atoms with Crippen LogP contribution in [0.1, 0.15) is 27.1 Å². The summed E-state index contributed by atoms with van der Waals surface area (Å²) in [6.45, 7) is 5.15. The number of benzene rings is 1. The molecule has 0 bridgehead atoms. The Labute approximate surface area is 129 Å². The molecule has 0 aliphatic carbocycles. The summed E-state index contributed by atoms with van der Waals surface area (Å²) < 4.78 is 0. The van der Waals surface area contributed by atoms with E-state index in [0.717, 1.165) is 32.7 Å². The zero-order valence-corrected chi connectivity index (χ0v) is 12.5. The molecule has 0 aromatic heterocycles. The highest BCUT2D eigenvalue weighted by Crippen LogP contribution is 2.21. The van der Waals surface area contributed by atoms with Gasteiger partial charge in [-0.1, -0.05) is 12.1 Å². The van der Waals surface area contributed by atoms with E-state index < -0.39 is 0 Å². The number of carbonyl (C=O) groups is 2. The number of nitrogens with zero attached hydrogens (tertiary/aromatic N) is 2. The van der Waals surface area contributed by atoms with Crippen LogP contribution in [-0.2, 0) is 0 Å². The molecule has 0 unspecified atom stereocenters. The minimum Gasteiger partial charge on any atom is -0.325 e. The number of nitriles is 1. The van der Waals surface area contributed by atoms with Crippen molar-refractivity contribution in [1.29, 1.82) is 5.26 Å². The molecule has 1 saturated heterocycles. The van der Waals surface area contributed by atoms with Crippen LogP contribution in [0, 0.1) is 11.3 Å². The number of piperazine rings is 1. The SMILES string of the molecule is N#CCC[NH+]1CC[NH+](CN2C(=O)c3ccccc3C2=O)CC1. The van der Waals surface area contributed by atoms with Crippen LogP contribution < -0.4 is 9.80 Å². The molecule has 2 aliphatic rings. The number of imide groups is 1. The molecule has 22 heavy (non-hydrogen) atoms. The largest absolute Gasteiger partial charge is 0.325 e. The van der Waals surface area contributed by atoms with Gasteiger partial charge in [0, 0.05) is 0 Å². The summed E-state index contributed by atoms with van der Waals surface area (Å²) >= 11 is 0. The van der Waals surface area contributed by atoms with E-state index in [0.29, 0.717) is 24.2 Å². The van der Waals surface area contributed by atoms with E-state index in [1.54, 1.807) is 24.3 Å². The van der Waals surface area contributed by atoms with Gasteiger partial charge in [-0.15, -0.1) is 0 Å². The second-order valence-electron chi connectivity index (χ2n) is 5.90. The van der Waals surface area contributed by atoms with Crippen LogP contribution in [0.25, 0.3) is 0 Å². The normalized spacial score (nSPS) is 24.2. The zero-order chi connectivity index (χ0) is 15.5. The monoisotopic (exact) mass is 300 g/mol. The van der Waals surface area contributed by atoms with Gasteiger partial charge in [0.2, 0.25) is 0 Å². The first kappa shape index (κ1) is 14.7. The van der Waals surface area contributed by atoms with Gasteiger partial charge in [0.15, 0.2) is 6.67 Å². The van der Waals surface area contributed by atoms with Crippen molar-refractivity contribution in [2.45, 2.75) is 6.42 Å². The molecule has 3 rings (SSSR count). The molecule has 2 aliphatic heterocycles. The smallest absolute Gasteiger partial charge is 0.265 e. The van der Waals surface area contributed by atoms with E-state index in [1.165, 1.54) is 14.7 Å². The van der Waals surface area contributed by atoms with Gasteiger partial charge in [0.05, 0.1) is 30.2 Å². The average molecular weight is 300 g/mol. The summed E-state index contributed by atoms with van der Waals surface area (Å²) in [4.78, 5) is 28.7. The highest BCUT2D eigenvalue weighted by Gasteiger charge is 2.38. The molecule has 2 N–H and O–H groups in total. The average Bonchev–Trinajstić information content (AvgIpc) is 2.80. The maximum absolute atomic E-state index is 12.3. The molecule has 1 aromatic rings. The fourth-order valence-electron chi connectivity index (χ4n) is 3.20. The lowest BCUT2D eigenvalue weighted by Gasteiger charge is -2.30. The van der Waals surface area contributed by atoms with E-state index in [4.69, 9.17) is 5.26 Å². The van der Waals surface area contributed by atoms with Crippen LogP contribution in [0.4, 0.5) is 0 Å². The van der Waals surface area contributed by atoms with E-state index in [9.17, 15) is 9.59 Å². The topological polar surface area (TPSA) is 70.1 Å². The van der Waals surface area contributed by atoms with Crippen molar-refractivity contribution >= 4 is 11.8 Å². The van der Waals surface area contributed by atoms with Crippen LogP contribution >= 0.6 is 0 Å². The van der Waals surface area contributed by atoms with Crippen molar-refractivity contribution < 1.29 is 19.4 Å². The van der Waals surface area contributed by atoms with Gasteiger partial charge in [0.25, 0.3) is 11.8 Å². The number of hydrogen-bond acceptors (Lipinski definition) is 3. The van der Waals surface area contributed by atoms with Crippen LogP contribution in [0.5, 0.6) is 0 Å². The van der Waals surface area contributed by atoms with Crippen molar-refractivity contribution in [1.82, 2.24) is 4.90 Å². The lowest BCUT2D eigenvalue weighted by atomic mass is 10.1. The third-order valence-corrected chi connectivity index (χ3v) is 4.51. The van der Waals surface area contributed by atoms with Gasteiger partial charge in [-0.25, -0.2) is 4.90 Å². The van der Waals surface area contributed by atoms with Crippen molar-refractivity contribution in [3.8, 4) is 6.07 Å². The molecule has 0 spiro atoms. The predicted octanol–water partition coefficient (Wildman–Crippen LogP) is -2.06. The van der Waals surface area contributed by atoms with Crippen LogP contribution in [-0.4, -0.2) is 56.1 Å². The molecule has 0 atom stereocenters. The molecule has 6 nitrogen and oxygen atoms in total. The molecule has 114 valence electrons. The second kappa shape index (κ2) is 6.26. The summed E-state index contributed by atoms with van der Waals surface area (Å²) in [5, 5.41) is 8.63. The minimum atomic E-state index is -0.174. The first-order valence-electron chi connectivity index (χ1n) is 7.70. The highest BCUT2D eigenvalue weighted by molar-refractivity contribution is 6.21. The number of nitrogens with one attached hydrogen (secondary N) is 2. The number of amides is 2. The Balaban J connectivity index is 1.59. The number of rotatable bonds is 4. The lowest BCUT2D eigenvalue weighted by Crippen LogP contribution is -3.28.